The molecule has 0 bridgehead atoms. The summed E-state index contributed by atoms with van der Waals surface area (Å²) in [5.74, 6) is 1.63. The zero-order valence-electron chi connectivity index (χ0n) is 22.9. The van der Waals surface area contributed by atoms with Crippen molar-refractivity contribution in [3.8, 4) is 11.6 Å². The van der Waals surface area contributed by atoms with Crippen molar-refractivity contribution >= 4 is 22.8 Å². The molecule has 0 saturated carbocycles. The molecule has 2 heterocycles. The maximum Gasteiger partial charge on any atom is 0.222 e. The molecule has 6 heteroatoms. The Bertz CT molecular complexity index is 1700. The highest BCUT2D eigenvalue weighted by atomic mass is 16.5. The third-order valence-electron chi connectivity index (χ3n) is 8.56. The normalized spacial score (nSPS) is 18.2. The molecular formula is C33H31N4O2. The number of carbonyl (C=O) groups is 1. The van der Waals surface area contributed by atoms with Crippen LogP contribution >= 0.6 is 0 Å². The molecule has 3 aromatic carbocycles. The van der Waals surface area contributed by atoms with E-state index in [1.54, 1.807) is 0 Å². The summed E-state index contributed by atoms with van der Waals surface area (Å²) in [5.41, 5.74) is 9.20. The van der Waals surface area contributed by atoms with Crippen LogP contribution in [0.15, 0.2) is 77.9 Å². The maximum absolute atomic E-state index is 13.4. The lowest BCUT2D eigenvalue weighted by Gasteiger charge is -2.42. The molecule has 1 unspecified atom stereocenters. The predicted molar refractivity (Wildman–Crippen MR) is 155 cm³/mol. The summed E-state index contributed by atoms with van der Waals surface area (Å²) >= 11 is 0. The topological polar surface area (TPSA) is 50.6 Å². The smallest absolute Gasteiger partial charge is 0.222 e. The van der Waals surface area contributed by atoms with Crippen LogP contribution in [0, 0.1) is 13.3 Å². The molecule has 1 radical (unpaired) electrons. The Hall–Kier alpha value is -4.32. The Balaban J connectivity index is 1.59. The molecule has 7 rings (SSSR count). The van der Waals surface area contributed by atoms with E-state index in [0.29, 0.717) is 0 Å². The maximum atomic E-state index is 13.4. The van der Waals surface area contributed by atoms with Crippen molar-refractivity contribution in [1.82, 2.24) is 9.78 Å². The van der Waals surface area contributed by atoms with Crippen LogP contribution in [0.25, 0.3) is 0 Å². The first-order chi connectivity index (χ1) is 18.9. The van der Waals surface area contributed by atoms with Crippen LogP contribution in [-0.4, -0.2) is 35.7 Å². The highest BCUT2D eigenvalue weighted by Crippen LogP contribution is 2.65. The molecule has 195 valence electrons. The number of para-hydroxylation sites is 1. The van der Waals surface area contributed by atoms with Crippen LogP contribution < -0.4 is 14.5 Å². The summed E-state index contributed by atoms with van der Waals surface area (Å²) < 4.78 is 8.55. The zero-order valence-corrected chi connectivity index (χ0v) is 22.9. The molecule has 0 amide bonds. The van der Waals surface area contributed by atoms with Crippen LogP contribution in [0.4, 0.5) is 17.1 Å². The van der Waals surface area contributed by atoms with Gasteiger partial charge in [0.1, 0.15) is 5.75 Å². The van der Waals surface area contributed by atoms with E-state index in [1.165, 1.54) is 0 Å². The molecule has 0 saturated heterocycles. The van der Waals surface area contributed by atoms with E-state index >= 15 is 0 Å². The van der Waals surface area contributed by atoms with E-state index in [4.69, 9.17) is 9.84 Å². The molecule has 4 aromatic rings. The Labute approximate surface area is 229 Å². The number of benzene rings is 3. The van der Waals surface area contributed by atoms with Crippen LogP contribution in [0.3, 0.4) is 0 Å². The molecule has 1 atom stereocenters. The van der Waals surface area contributed by atoms with Crippen LogP contribution in [0.5, 0.6) is 11.6 Å². The number of hydrogen-bond acceptors (Lipinski definition) is 5. The van der Waals surface area contributed by atoms with Crippen molar-refractivity contribution in [2.45, 2.75) is 26.2 Å². The number of ketones is 1. The minimum absolute atomic E-state index is 0.101. The quantitative estimate of drug-likeness (QED) is 0.304. The lowest BCUT2D eigenvalue weighted by atomic mass is 9.63. The molecular weight excluding hydrogens is 484 g/mol. The van der Waals surface area contributed by atoms with Gasteiger partial charge in [-0.3, -0.25) is 4.79 Å². The highest BCUT2D eigenvalue weighted by Gasteiger charge is 2.59. The van der Waals surface area contributed by atoms with Crippen molar-refractivity contribution in [3.05, 3.63) is 112 Å². The number of rotatable bonds is 5. The third-order valence-corrected chi connectivity index (χ3v) is 8.56. The van der Waals surface area contributed by atoms with Crippen molar-refractivity contribution < 1.29 is 9.53 Å². The van der Waals surface area contributed by atoms with Gasteiger partial charge in [-0.1, -0.05) is 42.5 Å². The van der Waals surface area contributed by atoms with Gasteiger partial charge < -0.3 is 14.5 Å². The second kappa shape index (κ2) is 8.34. The first-order valence-electron chi connectivity index (χ1n) is 13.6. The Morgan fingerprint density at radius 2 is 1.67 bits per heavy atom. The summed E-state index contributed by atoms with van der Waals surface area (Å²) in [5, 5.41) is 4.81. The fourth-order valence-corrected chi connectivity index (χ4v) is 6.70. The number of nitrogens with zero attached hydrogens (tertiary/aromatic N) is 4. The second-order valence-corrected chi connectivity index (χ2v) is 10.5. The summed E-state index contributed by atoms with van der Waals surface area (Å²) in [4.78, 5) is 18.0. The SMILES string of the molecule is CCN(CC)c1cc2c(cc1N(C)c1ccccc1)C1(C3=C([CH]3)C(=O)c3ccccc31)c1c(C)nn(C)c1O2. The Morgan fingerprint density at radius 3 is 2.41 bits per heavy atom. The number of allylic oxidation sites excluding steroid dienone is 2. The number of fused-ring (bicyclic) bond motifs is 7. The van der Waals surface area contributed by atoms with Crippen LogP contribution in [0.2, 0.25) is 0 Å². The lowest BCUT2D eigenvalue weighted by Crippen LogP contribution is -2.36. The Morgan fingerprint density at radius 1 is 0.949 bits per heavy atom. The molecule has 6 nitrogen and oxygen atoms in total. The largest absolute Gasteiger partial charge is 0.439 e. The van der Waals surface area contributed by atoms with E-state index in [-0.39, 0.29) is 5.78 Å². The molecule has 2 aliphatic carbocycles. The number of ether oxygens (including phenoxy) is 1. The summed E-state index contributed by atoms with van der Waals surface area (Å²) in [7, 11) is 4.05. The average molecular weight is 516 g/mol. The number of carbonyl (C=O) groups excluding carboxylic acids is 1. The minimum Gasteiger partial charge on any atom is -0.439 e. The highest BCUT2D eigenvalue weighted by molar-refractivity contribution is 6.20. The summed E-state index contributed by atoms with van der Waals surface area (Å²) in [6, 6.07) is 22.9. The van der Waals surface area contributed by atoms with E-state index in [0.717, 1.165) is 80.9 Å². The third kappa shape index (κ3) is 3.08. The van der Waals surface area contributed by atoms with Crippen LogP contribution in [0.1, 0.15) is 46.6 Å². The minimum atomic E-state index is -0.671. The van der Waals surface area contributed by atoms with Gasteiger partial charge in [0.05, 0.1) is 28.0 Å². The van der Waals surface area contributed by atoms with E-state index in [2.05, 4.69) is 79.6 Å². The number of anilines is 3. The van der Waals surface area contributed by atoms with Gasteiger partial charge in [0.15, 0.2) is 5.78 Å². The molecule has 1 spiro atoms. The standard InChI is InChI=1S/C33H31N4O2/c1-6-37(7-2)28-19-29-26(18-27(28)35(4)21-13-9-8-10-14-21)33(30-20(3)34-36(5)32(30)39-29)24-16-12-11-15-22(24)31(38)23-17-25(23)33/h8-19H,6-7H2,1-5H3. The van der Waals surface area contributed by atoms with Gasteiger partial charge in [-0.15, -0.1) is 0 Å². The van der Waals surface area contributed by atoms with Crippen LogP contribution in [-0.2, 0) is 12.5 Å². The fraction of sp³-hybridized carbons (Fsp3) is 0.242. The first kappa shape index (κ1) is 23.8. The van der Waals surface area contributed by atoms with Gasteiger partial charge in [-0.05, 0) is 50.1 Å². The lowest BCUT2D eigenvalue weighted by molar-refractivity contribution is 0.103. The fourth-order valence-electron chi connectivity index (χ4n) is 6.70. The van der Waals surface area contributed by atoms with E-state index in [9.17, 15) is 4.79 Å². The molecule has 1 aromatic heterocycles. The molecule has 1 aliphatic heterocycles. The second-order valence-electron chi connectivity index (χ2n) is 10.5. The van der Waals surface area contributed by atoms with Gasteiger partial charge in [0, 0.05) is 62.1 Å². The van der Waals surface area contributed by atoms with Crippen molar-refractivity contribution in [2.75, 3.05) is 29.9 Å². The molecule has 0 fully saturated rings. The van der Waals surface area contributed by atoms with Gasteiger partial charge in [0.25, 0.3) is 0 Å². The van der Waals surface area contributed by atoms with Gasteiger partial charge >= 0.3 is 0 Å². The van der Waals surface area contributed by atoms with Crippen molar-refractivity contribution in [3.63, 3.8) is 0 Å². The summed E-state index contributed by atoms with van der Waals surface area (Å²) in [6.45, 7) is 8.13. The van der Waals surface area contributed by atoms with Gasteiger partial charge in [-0.2, -0.15) is 5.10 Å². The van der Waals surface area contributed by atoms with Crippen molar-refractivity contribution in [1.29, 1.82) is 0 Å². The predicted octanol–water partition coefficient (Wildman–Crippen LogP) is 6.49. The molecule has 3 aliphatic rings. The number of aromatic nitrogens is 2. The van der Waals surface area contributed by atoms with Crippen molar-refractivity contribution in [2.24, 2.45) is 7.05 Å². The summed E-state index contributed by atoms with van der Waals surface area (Å²) in [6.07, 6.45) is 2.06. The zero-order chi connectivity index (χ0) is 27.1. The first-order valence-corrected chi connectivity index (χ1v) is 13.6. The number of hydrogen-bond donors (Lipinski definition) is 0. The molecule has 39 heavy (non-hydrogen) atoms. The van der Waals surface area contributed by atoms with E-state index in [1.807, 2.05) is 42.9 Å². The Kier molecular flexibility index (Phi) is 5.08. The van der Waals surface area contributed by atoms with E-state index < -0.39 is 5.41 Å². The number of aryl methyl sites for hydroxylation is 2. The average Bonchev–Trinajstić information content (AvgIpc) is 3.72. The van der Waals surface area contributed by atoms with Gasteiger partial charge in [0.2, 0.25) is 5.88 Å². The molecule has 0 N–H and O–H groups in total. The number of Topliss-reactive ketones (excluding diaryl/α,β-unsaturated/α-hetero) is 1. The van der Waals surface area contributed by atoms with Gasteiger partial charge in [-0.25, -0.2) is 4.68 Å². The monoisotopic (exact) mass is 515 g/mol.